The van der Waals surface area contributed by atoms with E-state index >= 15 is 0 Å². The monoisotopic (exact) mass is 557 g/mol. The molecular formula is C28H39N5O5S. The number of morpholine rings is 1. The normalized spacial score (nSPS) is 24.3. The molecule has 212 valence electrons. The van der Waals surface area contributed by atoms with E-state index in [1.807, 2.05) is 16.8 Å². The van der Waals surface area contributed by atoms with Crippen LogP contribution in [0.3, 0.4) is 0 Å². The maximum absolute atomic E-state index is 13.6. The van der Waals surface area contributed by atoms with E-state index in [1.54, 1.807) is 17.0 Å². The quantitative estimate of drug-likeness (QED) is 0.533. The van der Waals surface area contributed by atoms with Gasteiger partial charge in [0.25, 0.3) is 5.91 Å². The highest BCUT2D eigenvalue weighted by Crippen LogP contribution is 2.41. The average Bonchev–Trinajstić information content (AvgIpc) is 3.33. The Kier molecular flexibility index (Phi) is 7.78. The largest absolute Gasteiger partial charge is 0.378 e. The molecule has 4 aliphatic heterocycles. The topological polar surface area (TPSA) is 97.2 Å². The highest BCUT2D eigenvalue weighted by Gasteiger charge is 2.39. The number of benzene rings is 1. The molecule has 1 aromatic heterocycles. The summed E-state index contributed by atoms with van der Waals surface area (Å²) >= 11 is 0. The van der Waals surface area contributed by atoms with Gasteiger partial charge in [-0.15, -0.1) is 0 Å². The molecule has 3 saturated heterocycles. The van der Waals surface area contributed by atoms with E-state index in [0.29, 0.717) is 55.0 Å². The molecule has 0 bridgehead atoms. The zero-order valence-corrected chi connectivity index (χ0v) is 23.6. The number of carbonyl (C=O) groups is 1. The van der Waals surface area contributed by atoms with E-state index in [1.165, 1.54) is 0 Å². The molecule has 6 rings (SSSR count). The Morgan fingerprint density at radius 2 is 1.85 bits per heavy atom. The first-order valence-corrected chi connectivity index (χ1v) is 15.9. The number of aromatic nitrogens is 2. The molecule has 3 fully saturated rings. The van der Waals surface area contributed by atoms with Gasteiger partial charge in [0.05, 0.1) is 48.3 Å². The SMILES string of the molecule is CN1CCC(OCCN2CCC[C@H](n3nc(C(=O)N4CCOCC4)c4c3-c3ccccc3S(=O)(=O)C4)C2)CC1. The predicted octanol–water partition coefficient (Wildman–Crippen LogP) is 2.06. The minimum Gasteiger partial charge on any atom is -0.378 e. The minimum absolute atomic E-state index is 0.0518. The summed E-state index contributed by atoms with van der Waals surface area (Å²) in [5.74, 6) is -0.409. The van der Waals surface area contributed by atoms with Gasteiger partial charge >= 0.3 is 0 Å². The summed E-state index contributed by atoms with van der Waals surface area (Å²) < 4.78 is 40.2. The van der Waals surface area contributed by atoms with Crippen molar-refractivity contribution in [2.24, 2.45) is 0 Å². The number of carbonyl (C=O) groups excluding carboxylic acids is 1. The fraction of sp³-hybridized carbons (Fsp3) is 0.643. The molecule has 1 amide bonds. The van der Waals surface area contributed by atoms with Gasteiger partial charge in [-0.1, -0.05) is 18.2 Å². The standard InChI is InChI=1S/C28H39N5O5S/c1-30-11-8-22(9-12-30)38-18-13-31-10-4-5-21(19-31)33-27-23-6-2-3-7-25(23)39(35,36)20-24(27)26(29-33)28(34)32-14-16-37-17-15-32/h2-3,6-7,21-22H,4-5,8-20H2,1H3/t21-/m0/s1. The van der Waals surface area contributed by atoms with Crippen molar-refractivity contribution >= 4 is 15.7 Å². The molecule has 1 atom stereocenters. The first-order valence-electron chi connectivity index (χ1n) is 14.2. The summed E-state index contributed by atoms with van der Waals surface area (Å²) in [6, 6.07) is 7.19. The van der Waals surface area contributed by atoms with Crippen LogP contribution in [0.25, 0.3) is 11.3 Å². The van der Waals surface area contributed by atoms with Gasteiger partial charge in [-0.2, -0.15) is 5.10 Å². The molecule has 2 aromatic rings. The lowest BCUT2D eigenvalue weighted by Gasteiger charge is -2.35. The number of nitrogens with zero attached hydrogens (tertiary/aromatic N) is 5. The van der Waals surface area contributed by atoms with Crippen LogP contribution in [0.15, 0.2) is 29.2 Å². The Morgan fingerprint density at radius 1 is 1.08 bits per heavy atom. The molecule has 11 heteroatoms. The van der Waals surface area contributed by atoms with Crippen LogP contribution in [0.2, 0.25) is 0 Å². The van der Waals surface area contributed by atoms with Gasteiger partial charge < -0.3 is 19.3 Å². The summed E-state index contributed by atoms with van der Waals surface area (Å²) in [5, 5.41) is 4.91. The molecule has 0 N–H and O–H groups in total. The zero-order valence-electron chi connectivity index (χ0n) is 22.8. The van der Waals surface area contributed by atoms with Crippen molar-refractivity contribution in [3.63, 3.8) is 0 Å². The lowest BCUT2D eigenvalue weighted by atomic mass is 10.0. The number of ether oxygens (including phenoxy) is 2. The van der Waals surface area contributed by atoms with Crippen LogP contribution < -0.4 is 0 Å². The third kappa shape index (κ3) is 5.52. The van der Waals surface area contributed by atoms with E-state index in [0.717, 1.165) is 64.1 Å². The van der Waals surface area contributed by atoms with Gasteiger partial charge in [0, 0.05) is 50.4 Å². The second kappa shape index (κ2) is 11.3. The van der Waals surface area contributed by atoms with Crippen LogP contribution in [0.5, 0.6) is 0 Å². The number of hydrogen-bond acceptors (Lipinski definition) is 8. The lowest BCUT2D eigenvalue weighted by Crippen LogP contribution is -2.41. The second-order valence-electron chi connectivity index (χ2n) is 11.3. The van der Waals surface area contributed by atoms with Crippen LogP contribution in [-0.2, 0) is 25.1 Å². The molecule has 0 radical (unpaired) electrons. The minimum atomic E-state index is -3.58. The van der Waals surface area contributed by atoms with Crippen LogP contribution in [-0.4, -0.2) is 118 Å². The molecule has 10 nitrogen and oxygen atoms in total. The number of rotatable bonds is 6. The molecule has 4 aliphatic rings. The van der Waals surface area contributed by atoms with Gasteiger partial charge in [0.1, 0.15) is 0 Å². The van der Waals surface area contributed by atoms with Crippen molar-refractivity contribution in [3.05, 3.63) is 35.5 Å². The van der Waals surface area contributed by atoms with Crippen molar-refractivity contribution < 1.29 is 22.7 Å². The van der Waals surface area contributed by atoms with E-state index in [4.69, 9.17) is 14.6 Å². The summed E-state index contributed by atoms with van der Waals surface area (Å²) in [4.78, 5) is 20.5. The van der Waals surface area contributed by atoms with Crippen LogP contribution in [0.4, 0.5) is 0 Å². The summed E-state index contributed by atoms with van der Waals surface area (Å²) in [5.41, 5.74) is 2.24. The van der Waals surface area contributed by atoms with Crippen molar-refractivity contribution in [1.29, 1.82) is 0 Å². The first-order chi connectivity index (χ1) is 18.9. The Labute approximate surface area is 230 Å². The third-order valence-corrected chi connectivity index (χ3v) is 10.3. The molecule has 1 aromatic carbocycles. The number of sulfone groups is 1. The Morgan fingerprint density at radius 3 is 2.64 bits per heavy atom. The first kappa shape index (κ1) is 26.9. The summed E-state index contributed by atoms with van der Waals surface area (Å²) in [6.45, 7) is 7.47. The molecule has 0 saturated carbocycles. The number of piperidine rings is 2. The third-order valence-electron chi connectivity index (χ3n) is 8.57. The zero-order chi connectivity index (χ0) is 27.0. The molecule has 5 heterocycles. The molecular weight excluding hydrogens is 518 g/mol. The fourth-order valence-electron chi connectivity index (χ4n) is 6.38. The van der Waals surface area contributed by atoms with Crippen molar-refractivity contribution in [2.75, 3.05) is 72.7 Å². The Balaban J connectivity index is 1.26. The summed E-state index contributed by atoms with van der Waals surface area (Å²) in [6.07, 6.45) is 4.45. The number of hydrogen-bond donors (Lipinski definition) is 0. The Bertz CT molecular complexity index is 1300. The van der Waals surface area contributed by atoms with Crippen molar-refractivity contribution in [3.8, 4) is 11.3 Å². The highest BCUT2D eigenvalue weighted by molar-refractivity contribution is 7.90. The second-order valence-corrected chi connectivity index (χ2v) is 13.2. The van der Waals surface area contributed by atoms with E-state index in [-0.39, 0.29) is 23.4 Å². The predicted molar refractivity (Wildman–Crippen MR) is 146 cm³/mol. The smallest absolute Gasteiger partial charge is 0.274 e. The van der Waals surface area contributed by atoms with Crippen molar-refractivity contribution in [1.82, 2.24) is 24.5 Å². The lowest BCUT2D eigenvalue weighted by molar-refractivity contribution is -0.00147. The van der Waals surface area contributed by atoms with Crippen LogP contribution in [0, 0.1) is 0 Å². The Hall–Kier alpha value is -2.31. The van der Waals surface area contributed by atoms with Crippen LogP contribution >= 0.6 is 0 Å². The van der Waals surface area contributed by atoms with E-state index in [2.05, 4.69) is 16.8 Å². The average molecular weight is 558 g/mol. The number of amides is 1. The fourth-order valence-corrected chi connectivity index (χ4v) is 7.97. The molecule has 0 unspecified atom stereocenters. The van der Waals surface area contributed by atoms with E-state index in [9.17, 15) is 13.2 Å². The van der Waals surface area contributed by atoms with Crippen LogP contribution in [0.1, 0.15) is 47.8 Å². The van der Waals surface area contributed by atoms with Gasteiger partial charge in [0.15, 0.2) is 15.5 Å². The molecule has 39 heavy (non-hydrogen) atoms. The highest BCUT2D eigenvalue weighted by atomic mass is 32.2. The van der Waals surface area contributed by atoms with Crippen molar-refractivity contribution in [2.45, 2.75) is 48.5 Å². The van der Waals surface area contributed by atoms with Gasteiger partial charge in [0.2, 0.25) is 0 Å². The van der Waals surface area contributed by atoms with Gasteiger partial charge in [-0.25, -0.2) is 8.42 Å². The summed E-state index contributed by atoms with van der Waals surface area (Å²) in [7, 11) is -1.42. The molecule has 0 spiro atoms. The van der Waals surface area contributed by atoms with Gasteiger partial charge in [-0.05, 0) is 45.3 Å². The molecule has 0 aliphatic carbocycles. The maximum Gasteiger partial charge on any atom is 0.274 e. The number of likely N-dealkylation sites (tertiary alicyclic amines) is 2. The van der Waals surface area contributed by atoms with E-state index < -0.39 is 9.84 Å². The van der Waals surface area contributed by atoms with Gasteiger partial charge in [-0.3, -0.25) is 14.4 Å². The number of fused-ring (bicyclic) bond motifs is 3. The maximum atomic E-state index is 13.6.